The Balaban J connectivity index is 1.82. The monoisotopic (exact) mass is 377 g/mol. The van der Waals surface area contributed by atoms with Crippen LogP contribution in [0.15, 0.2) is 42.5 Å². The number of nitrogen functional groups attached to an aromatic ring is 1. The maximum absolute atomic E-state index is 12.0. The van der Waals surface area contributed by atoms with Crippen LogP contribution in [0.1, 0.15) is 15.9 Å². The van der Waals surface area contributed by atoms with Crippen molar-refractivity contribution in [2.75, 3.05) is 18.9 Å². The summed E-state index contributed by atoms with van der Waals surface area (Å²) in [6.45, 7) is -0.174. The Morgan fingerprint density at radius 1 is 1.23 bits per heavy atom. The Kier molecular flexibility index (Phi) is 6.51. The van der Waals surface area contributed by atoms with E-state index in [2.05, 4.69) is 5.32 Å². The van der Waals surface area contributed by atoms with Crippen LogP contribution in [0, 0.1) is 10.1 Å². The number of non-ortho nitro benzene ring substituents is 1. The zero-order valence-corrected chi connectivity index (χ0v) is 14.4. The number of hydrogen-bond acceptors (Lipinski definition) is 6. The van der Waals surface area contributed by atoms with Crippen LogP contribution in [0.25, 0.3) is 0 Å². The number of ether oxygens (including phenoxy) is 1. The Morgan fingerprint density at radius 3 is 2.69 bits per heavy atom. The van der Waals surface area contributed by atoms with E-state index in [-0.39, 0.29) is 16.9 Å². The minimum Gasteiger partial charge on any atom is -0.452 e. The van der Waals surface area contributed by atoms with Gasteiger partial charge in [0.1, 0.15) is 0 Å². The number of esters is 1. The lowest BCUT2D eigenvalue weighted by Gasteiger charge is -2.08. The van der Waals surface area contributed by atoms with Gasteiger partial charge in [0.2, 0.25) is 0 Å². The van der Waals surface area contributed by atoms with E-state index in [1.807, 2.05) is 12.1 Å². The predicted molar refractivity (Wildman–Crippen MR) is 96.0 cm³/mol. The highest BCUT2D eigenvalue weighted by Crippen LogP contribution is 2.20. The summed E-state index contributed by atoms with van der Waals surface area (Å²) >= 11 is 5.88. The molecule has 1 amide bonds. The van der Waals surface area contributed by atoms with Crippen LogP contribution in [-0.2, 0) is 16.0 Å². The minimum atomic E-state index is -0.906. The number of anilines is 1. The molecule has 2 aromatic carbocycles. The van der Waals surface area contributed by atoms with E-state index in [0.717, 1.165) is 11.6 Å². The number of benzene rings is 2. The first-order valence-corrected chi connectivity index (χ1v) is 7.97. The third-order valence-corrected chi connectivity index (χ3v) is 3.66. The highest BCUT2D eigenvalue weighted by atomic mass is 35.5. The Labute approximate surface area is 154 Å². The quantitative estimate of drug-likeness (QED) is 0.330. The molecule has 0 spiro atoms. The number of amides is 1. The third kappa shape index (κ3) is 5.45. The molecule has 0 saturated heterocycles. The van der Waals surface area contributed by atoms with Gasteiger partial charge < -0.3 is 15.8 Å². The van der Waals surface area contributed by atoms with Gasteiger partial charge in [0.25, 0.3) is 11.6 Å². The fraction of sp³-hybridized carbons (Fsp3) is 0.176. The topological polar surface area (TPSA) is 125 Å². The standard InChI is InChI=1S/C17H16ClN3O5/c18-12-3-1-2-11(8-12)6-7-20-16(22)10-26-17(23)14-9-13(21(24)25)4-5-15(14)19/h1-5,8-9H,6-7,10,19H2,(H,20,22). The molecule has 0 aliphatic carbocycles. The van der Waals surface area contributed by atoms with Crippen LogP contribution >= 0.6 is 11.6 Å². The molecule has 0 aromatic heterocycles. The highest BCUT2D eigenvalue weighted by Gasteiger charge is 2.17. The number of nitrogens with two attached hydrogens (primary N) is 1. The second-order valence-electron chi connectivity index (χ2n) is 5.33. The minimum absolute atomic E-state index is 0.0296. The van der Waals surface area contributed by atoms with Crippen molar-refractivity contribution in [2.24, 2.45) is 0 Å². The molecular weight excluding hydrogens is 362 g/mol. The summed E-state index contributed by atoms with van der Waals surface area (Å²) in [6.07, 6.45) is 0.568. The summed E-state index contributed by atoms with van der Waals surface area (Å²) in [5, 5.41) is 14.0. The molecule has 8 nitrogen and oxygen atoms in total. The normalized spacial score (nSPS) is 10.2. The molecule has 9 heteroatoms. The van der Waals surface area contributed by atoms with Crippen molar-refractivity contribution < 1.29 is 19.2 Å². The van der Waals surface area contributed by atoms with E-state index in [0.29, 0.717) is 18.0 Å². The lowest BCUT2D eigenvalue weighted by molar-refractivity contribution is -0.384. The summed E-state index contributed by atoms with van der Waals surface area (Å²) in [5.41, 5.74) is 6.15. The number of hydrogen-bond donors (Lipinski definition) is 2. The van der Waals surface area contributed by atoms with Crippen LogP contribution in [0.3, 0.4) is 0 Å². The second kappa shape index (κ2) is 8.82. The number of halogens is 1. The Hall–Kier alpha value is -3.13. The predicted octanol–water partition coefficient (Wildman–Crippen LogP) is 2.35. The molecule has 0 aliphatic rings. The number of nitro benzene ring substituents is 1. The van der Waals surface area contributed by atoms with Crippen LogP contribution in [0.2, 0.25) is 5.02 Å². The summed E-state index contributed by atoms with van der Waals surface area (Å²) < 4.78 is 4.85. The average molecular weight is 378 g/mol. The second-order valence-corrected chi connectivity index (χ2v) is 5.77. The third-order valence-electron chi connectivity index (χ3n) is 3.43. The van der Waals surface area contributed by atoms with Crippen LogP contribution in [0.5, 0.6) is 0 Å². The van der Waals surface area contributed by atoms with Gasteiger partial charge in [0.15, 0.2) is 6.61 Å². The van der Waals surface area contributed by atoms with E-state index >= 15 is 0 Å². The summed E-state index contributed by atoms with van der Waals surface area (Å²) in [6, 6.07) is 10.7. The molecule has 0 saturated carbocycles. The van der Waals surface area contributed by atoms with Gasteiger partial charge in [-0.2, -0.15) is 0 Å². The van der Waals surface area contributed by atoms with Gasteiger partial charge in [-0.1, -0.05) is 23.7 Å². The van der Waals surface area contributed by atoms with Crippen molar-refractivity contribution in [3.8, 4) is 0 Å². The number of nitro groups is 1. The van der Waals surface area contributed by atoms with Crippen molar-refractivity contribution in [1.29, 1.82) is 0 Å². The molecule has 0 heterocycles. The Bertz CT molecular complexity index is 841. The summed E-state index contributed by atoms with van der Waals surface area (Å²) in [7, 11) is 0. The number of nitrogens with one attached hydrogen (secondary N) is 1. The molecular formula is C17H16ClN3O5. The first kappa shape index (κ1) is 19.2. The molecule has 2 rings (SSSR count). The molecule has 0 radical (unpaired) electrons. The molecule has 0 aliphatic heterocycles. The Morgan fingerprint density at radius 2 is 2.00 bits per heavy atom. The first-order valence-electron chi connectivity index (χ1n) is 7.59. The average Bonchev–Trinajstić information content (AvgIpc) is 2.60. The number of carbonyl (C=O) groups is 2. The SMILES string of the molecule is Nc1ccc([N+](=O)[O-])cc1C(=O)OCC(=O)NCCc1cccc(Cl)c1. The zero-order chi connectivity index (χ0) is 19.1. The maximum atomic E-state index is 12.0. The summed E-state index contributed by atoms with van der Waals surface area (Å²) in [5.74, 6) is -1.40. The van der Waals surface area contributed by atoms with Crippen LogP contribution in [0.4, 0.5) is 11.4 Å². The highest BCUT2D eigenvalue weighted by molar-refractivity contribution is 6.30. The van der Waals surface area contributed by atoms with E-state index in [1.54, 1.807) is 12.1 Å². The largest absolute Gasteiger partial charge is 0.452 e. The van der Waals surface area contributed by atoms with Crippen molar-refractivity contribution in [3.05, 3.63) is 68.7 Å². The molecule has 26 heavy (non-hydrogen) atoms. The molecule has 136 valence electrons. The van der Waals surface area contributed by atoms with Crippen molar-refractivity contribution in [3.63, 3.8) is 0 Å². The van der Waals surface area contributed by atoms with E-state index in [1.165, 1.54) is 12.1 Å². The number of rotatable bonds is 7. The van der Waals surface area contributed by atoms with Gasteiger partial charge in [-0.05, 0) is 30.2 Å². The zero-order valence-electron chi connectivity index (χ0n) is 13.6. The molecule has 3 N–H and O–H groups in total. The van der Waals surface area contributed by atoms with Crippen LogP contribution < -0.4 is 11.1 Å². The van der Waals surface area contributed by atoms with Crippen molar-refractivity contribution >= 4 is 34.9 Å². The van der Waals surface area contributed by atoms with Crippen molar-refractivity contribution in [1.82, 2.24) is 5.32 Å². The lowest BCUT2D eigenvalue weighted by atomic mass is 10.1. The molecule has 0 bridgehead atoms. The molecule has 0 fully saturated rings. The van der Waals surface area contributed by atoms with Gasteiger partial charge >= 0.3 is 5.97 Å². The summed E-state index contributed by atoms with van der Waals surface area (Å²) in [4.78, 5) is 33.8. The van der Waals surface area contributed by atoms with Gasteiger partial charge in [0, 0.05) is 29.4 Å². The van der Waals surface area contributed by atoms with E-state index in [4.69, 9.17) is 22.1 Å². The van der Waals surface area contributed by atoms with E-state index < -0.39 is 23.4 Å². The first-order chi connectivity index (χ1) is 12.4. The maximum Gasteiger partial charge on any atom is 0.341 e. The number of carbonyl (C=O) groups excluding carboxylic acids is 2. The van der Waals surface area contributed by atoms with Gasteiger partial charge in [-0.25, -0.2) is 4.79 Å². The number of nitrogens with zero attached hydrogens (tertiary/aromatic N) is 1. The van der Waals surface area contributed by atoms with Gasteiger partial charge in [-0.15, -0.1) is 0 Å². The fourth-order valence-corrected chi connectivity index (χ4v) is 2.35. The van der Waals surface area contributed by atoms with Crippen LogP contribution in [-0.4, -0.2) is 30.0 Å². The van der Waals surface area contributed by atoms with Crippen molar-refractivity contribution in [2.45, 2.75) is 6.42 Å². The lowest BCUT2D eigenvalue weighted by Crippen LogP contribution is -2.30. The van der Waals surface area contributed by atoms with Gasteiger partial charge in [-0.3, -0.25) is 14.9 Å². The molecule has 0 atom stereocenters. The fourth-order valence-electron chi connectivity index (χ4n) is 2.13. The molecule has 2 aromatic rings. The van der Waals surface area contributed by atoms with Gasteiger partial charge in [0.05, 0.1) is 10.5 Å². The van der Waals surface area contributed by atoms with E-state index in [9.17, 15) is 19.7 Å². The molecule has 0 unspecified atom stereocenters. The smallest absolute Gasteiger partial charge is 0.341 e.